The highest BCUT2D eigenvalue weighted by atomic mass is 19.4. The first-order valence-electron chi connectivity index (χ1n) is 21.8. The Morgan fingerprint density at radius 2 is 1.47 bits per heavy atom. The summed E-state index contributed by atoms with van der Waals surface area (Å²) in [5, 5.41) is 7.16. The van der Waals surface area contributed by atoms with Crippen molar-refractivity contribution in [1.82, 2.24) is 30.0 Å². The third-order valence-electron chi connectivity index (χ3n) is 12.5. The van der Waals surface area contributed by atoms with Gasteiger partial charge in [0.2, 0.25) is 5.91 Å². The number of piperazine rings is 1. The molecule has 4 aromatic carbocycles. The van der Waals surface area contributed by atoms with E-state index < -0.39 is 35.3 Å². The highest BCUT2D eigenvalue weighted by Gasteiger charge is 2.44. The Bertz CT molecular complexity index is 2620. The van der Waals surface area contributed by atoms with Gasteiger partial charge in [-0.2, -0.15) is 13.2 Å². The van der Waals surface area contributed by atoms with Crippen LogP contribution in [0.25, 0.3) is 33.3 Å². The second kappa shape index (κ2) is 19.4. The lowest BCUT2D eigenvalue weighted by atomic mass is 9.85. The number of pyridine rings is 1. The molecule has 4 heterocycles. The fraction of sp³-hybridized carbons (Fsp3) is 0.347. The molecule has 1 amide bonds. The number of halogens is 8. The second-order valence-electron chi connectivity index (χ2n) is 16.8. The number of piperidine rings is 1. The van der Waals surface area contributed by atoms with E-state index in [0.717, 1.165) is 28.8 Å². The molecule has 0 spiro atoms. The molecule has 2 aliphatic heterocycles. The van der Waals surface area contributed by atoms with E-state index in [9.17, 15) is 39.9 Å². The van der Waals surface area contributed by atoms with Crippen LogP contribution in [0.3, 0.4) is 0 Å². The van der Waals surface area contributed by atoms with E-state index in [1.165, 1.54) is 36.4 Å². The van der Waals surface area contributed by atoms with Crippen molar-refractivity contribution < 1.29 is 44.7 Å². The van der Waals surface area contributed by atoms with Gasteiger partial charge in [0.1, 0.15) is 28.7 Å². The molecule has 2 aromatic heterocycles. The van der Waals surface area contributed by atoms with E-state index in [-0.39, 0.29) is 29.3 Å². The molecule has 0 bridgehead atoms. The van der Waals surface area contributed by atoms with Gasteiger partial charge < -0.3 is 24.8 Å². The Morgan fingerprint density at radius 3 is 2.15 bits per heavy atom. The van der Waals surface area contributed by atoms with Crippen LogP contribution < -0.4 is 20.3 Å². The molecule has 9 nitrogen and oxygen atoms in total. The van der Waals surface area contributed by atoms with Gasteiger partial charge in [0.05, 0.1) is 11.3 Å². The number of ether oxygens (including phenoxy) is 1. The van der Waals surface area contributed by atoms with Gasteiger partial charge in [0.25, 0.3) is 0 Å². The number of fused-ring (bicyclic) bond motifs is 1. The maximum atomic E-state index is 14.5. The van der Waals surface area contributed by atoms with Crippen molar-refractivity contribution in [3.63, 3.8) is 0 Å². The van der Waals surface area contributed by atoms with E-state index in [2.05, 4.69) is 25.2 Å². The normalized spacial score (nSPS) is 16.1. The summed E-state index contributed by atoms with van der Waals surface area (Å²) in [6.07, 6.45) is -6.19. The molecule has 2 N–H and O–H groups in total. The zero-order valence-corrected chi connectivity index (χ0v) is 36.2. The predicted octanol–water partition coefficient (Wildman–Crippen LogP) is 9.65. The summed E-state index contributed by atoms with van der Waals surface area (Å²) in [5.41, 5.74) is 1.91. The van der Waals surface area contributed by atoms with Crippen molar-refractivity contribution in [1.29, 1.82) is 0 Å². The molecule has 2 saturated heterocycles. The number of carbonyl (C=O) groups is 1. The van der Waals surface area contributed by atoms with Crippen molar-refractivity contribution in [2.24, 2.45) is 0 Å². The summed E-state index contributed by atoms with van der Waals surface area (Å²) in [6, 6.07) is 25.5. The highest BCUT2D eigenvalue weighted by molar-refractivity contribution is 5.99. The Labute approximate surface area is 377 Å². The summed E-state index contributed by atoms with van der Waals surface area (Å²) in [4.78, 5) is 25.2. The zero-order chi connectivity index (χ0) is 46.6. The average molecular weight is 920 g/mol. The Kier molecular flexibility index (Phi) is 13.7. The number of alkyl halides is 6. The molecule has 6 aromatic rings. The van der Waals surface area contributed by atoms with Gasteiger partial charge in [-0.1, -0.05) is 48.5 Å². The quantitative estimate of drug-likeness (QED) is 0.0833. The predicted molar refractivity (Wildman–Crippen MR) is 237 cm³/mol. The van der Waals surface area contributed by atoms with Crippen LogP contribution in [0.4, 0.5) is 40.9 Å². The molecule has 0 saturated carbocycles. The third-order valence-corrected chi connectivity index (χ3v) is 12.5. The van der Waals surface area contributed by atoms with Gasteiger partial charge in [-0.05, 0) is 97.6 Å². The molecule has 66 heavy (non-hydrogen) atoms. The Hall–Kier alpha value is -6.04. The van der Waals surface area contributed by atoms with Crippen molar-refractivity contribution in [2.75, 3.05) is 57.8 Å². The molecule has 0 radical (unpaired) electrons. The lowest BCUT2D eigenvalue weighted by molar-refractivity contribution is -0.274. The van der Waals surface area contributed by atoms with Crippen molar-refractivity contribution in [3.05, 3.63) is 138 Å². The van der Waals surface area contributed by atoms with Crippen LogP contribution in [0.15, 0.2) is 109 Å². The highest BCUT2D eigenvalue weighted by Crippen LogP contribution is 2.42. The van der Waals surface area contributed by atoms with E-state index >= 15 is 0 Å². The number of benzene rings is 4. The van der Waals surface area contributed by atoms with Crippen LogP contribution >= 0.6 is 0 Å². The zero-order valence-electron chi connectivity index (χ0n) is 36.2. The molecule has 0 atom stereocenters. The van der Waals surface area contributed by atoms with Crippen LogP contribution in [-0.2, 0) is 30.6 Å². The van der Waals surface area contributed by atoms with E-state index in [4.69, 9.17) is 4.98 Å². The molecule has 0 unspecified atom stereocenters. The summed E-state index contributed by atoms with van der Waals surface area (Å²) in [5.74, 6) is -1.48. The van der Waals surface area contributed by atoms with Crippen LogP contribution in [-0.4, -0.2) is 90.0 Å². The standard InChI is InChI=1S/C49H49F8N7O2/c1-61(44-12-5-10-42(60-44)35-27-36(50)29-37(51)28-35)47(17-20-58-21-18-47)46(65)59-19-6-22-64-32-40(39-8-2-3-9-41(39)48(52,53)54)45-34(7-4-11-43(45)64)31-63-25-23-62(24-26-63)30-33-13-15-38(16-14-33)66-49(55,56)57/h2-5,7-16,27-29,32,58H,6,17-26,30-31H2,1H3,(H,59,65). The van der Waals surface area contributed by atoms with Crippen LogP contribution in [0.2, 0.25) is 0 Å². The monoisotopic (exact) mass is 919 g/mol. The third kappa shape index (κ3) is 10.6. The maximum absolute atomic E-state index is 14.5. The van der Waals surface area contributed by atoms with Gasteiger partial charge in [0.15, 0.2) is 0 Å². The summed E-state index contributed by atoms with van der Waals surface area (Å²) >= 11 is 0. The smallest absolute Gasteiger partial charge is 0.406 e. The minimum Gasteiger partial charge on any atom is -0.406 e. The number of amides is 1. The molecule has 17 heteroatoms. The van der Waals surface area contributed by atoms with Gasteiger partial charge in [-0.3, -0.25) is 14.6 Å². The molecule has 8 rings (SSSR count). The summed E-state index contributed by atoms with van der Waals surface area (Å²) in [6.45, 7) is 5.54. The Morgan fingerprint density at radius 1 is 0.803 bits per heavy atom. The molecular formula is C49H49F8N7O2. The number of aryl methyl sites for hydroxylation is 1. The van der Waals surface area contributed by atoms with Crippen molar-refractivity contribution >= 4 is 22.6 Å². The van der Waals surface area contributed by atoms with Crippen LogP contribution in [0.5, 0.6) is 5.75 Å². The Balaban J connectivity index is 0.978. The number of likely N-dealkylation sites (N-methyl/N-ethyl adjacent to an activating group) is 1. The summed E-state index contributed by atoms with van der Waals surface area (Å²) in [7, 11) is 1.79. The number of hydrogen-bond donors (Lipinski definition) is 2. The number of hydrogen-bond acceptors (Lipinski definition) is 7. The fourth-order valence-corrected chi connectivity index (χ4v) is 9.18. The van der Waals surface area contributed by atoms with Crippen LogP contribution in [0.1, 0.15) is 36.0 Å². The molecule has 2 aliphatic rings. The van der Waals surface area contributed by atoms with Gasteiger partial charge in [0, 0.05) is 93.7 Å². The first kappa shape index (κ1) is 46.5. The topological polar surface area (TPSA) is 77.9 Å². The molecule has 0 aliphatic carbocycles. The lowest BCUT2D eigenvalue weighted by Gasteiger charge is -2.44. The fourth-order valence-electron chi connectivity index (χ4n) is 9.18. The average Bonchev–Trinajstić information content (AvgIpc) is 3.67. The van der Waals surface area contributed by atoms with Crippen LogP contribution in [0, 0.1) is 11.6 Å². The van der Waals surface area contributed by atoms with E-state index in [1.54, 1.807) is 49.6 Å². The first-order valence-corrected chi connectivity index (χ1v) is 21.8. The number of carbonyl (C=O) groups excluding carboxylic acids is 1. The van der Waals surface area contributed by atoms with Gasteiger partial charge in [-0.15, -0.1) is 13.2 Å². The first-order chi connectivity index (χ1) is 31.6. The molecular weight excluding hydrogens is 871 g/mol. The number of rotatable bonds is 14. The van der Waals surface area contributed by atoms with Gasteiger partial charge >= 0.3 is 12.5 Å². The van der Waals surface area contributed by atoms with Gasteiger partial charge in [-0.25, -0.2) is 13.8 Å². The lowest BCUT2D eigenvalue weighted by Crippen LogP contribution is -2.62. The second-order valence-corrected chi connectivity index (χ2v) is 16.8. The summed E-state index contributed by atoms with van der Waals surface area (Å²) < 4.78 is 116. The van der Waals surface area contributed by atoms with Crippen molar-refractivity contribution in [2.45, 2.75) is 57.0 Å². The SMILES string of the molecule is CN(c1cccc(-c2cc(F)cc(F)c2)n1)C1(C(=O)NCCCn2cc(-c3ccccc3C(F)(F)F)c3c(CN4CCN(Cc5ccc(OC(F)(F)F)cc5)CC4)cccc32)CCNCC1. The number of aromatic nitrogens is 2. The van der Waals surface area contributed by atoms with Crippen molar-refractivity contribution in [3.8, 4) is 28.1 Å². The minimum absolute atomic E-state index is 0.0714. The molecule has 348 valence electrons. The number of anilines is 1. The molecule has 2 fully saturated rings. The maximum Gasteiger partial charge on any atom is 0.573 e. The number of nitrogens with zero attached hydrogens (tertiary/aromatic N) is 5. The largest absolute Gasteiger partial charge is 0.573 e. The van der Waals surface area contributed by atoms with E-state index in [0.29, 0.717) is 101 Å². The number of nitrogens with one attached hydrogen (secondary N) is 2. The van der Waals surface area contributed by atoms with E-state index in [1.807, 2.05) is 27.7 Å². The minimum atomic E-state index is -4.77.